The molecule has 0 amide bonds. The van der Waals surface area contributed by atoms with Crippen LogP contribution in [0.15, 0.2) is 130 Å². The minimum absolute atomic E-state index is 0.195. The number of hydrogen-bond donors (Lipinski definition) is 2. The van der Waals surface area contributed by atoms with E-state index in [4.69, 9.17) is 0 Å². The maximum Gasteiger partial charge on any atom is 0.187 e. The van der Waals surface area contributed by atoms with Crippen LogP contribution in [0.25, 0.3) is 0 Å². The maximum absolute atomic E-state index is 13.3. The fourth-order valence-electron chi connectivity index (χ4n) is 3.60. The minimum Gasteiger partial charge on any atom is -0.354 e. The number of benzene rings is 4. The Kier molecular flexibility index (Phi) is 9.10. The number of rotatable bonds is 9. The van der Waals surface area contributed by atoms with Crippen molar-refractivity contribution >= 4 is 54.8 Å². The normalized spacial score (nSPS) is 11.7. The monoisotopic (exact) mass is 628 g/mol. The molecule has 2 N–H and O–H groups in total. The Bertz CT molecular complexity index is 1370. The zero-order valence-electron chi connectivity index (χ0n) is 21.0. The van der Waals surface area contributed by atoms with E-state index in [2.05, 4.69) is 42.5 Å². The van der Waals surface area contributed by atoms with Crippen LogP contribution in [0.3, 0.4) is 0 Å². The van der Waals surface area contributed by atoms with Gasteiger partial charge in [0.2, 0.25) is 0 Å². The standard InChI is InChI=1S/C32H26Br2N2O2/c1-21-3-15-27(16-4-21)35-29(19-31(37)23-7-11-25(33)12-8-23)30(36-28-17-5-22(2)6-18-28)20-32(38)24-9-13-26(34)14-10-24/h3-20,35-36H,1-2H3/b29-19-,30-20-. The topological polar surface area (TPSA) is 58.2 Å². The van der Waals surface area contributed by atoms with Crippen LogP contribution in [0, 0.1) is 13.8 Å². The fourth-order valence-corrected chi connectivity index (χ4v) is 4.13. The van der Waals surface area contributed by atoms with E-state index in [9.17, 15) is 9.59 Å². The molecule has 0 aliphatic carbocycles. The molecular weight excluding hydrogens is 604 g/mol. The molecule has 0 aromatic heterocycles. The lowest BCUT2D eigenvalue weighted by molar-refractivity contribution is 0.103. The highest BCUT2D eigenvalue weighted by atomic mass is 79.9. The van der Waals surface area contributed by atoms with Crippen molar-refractivity contribution in [1.82, 2.24) is 0 Å². The van der Waals surface area contributed by atoms with E-state index in [1.54, 1.807) is 24.3 Å². The summed E-state index contributed by atoms with van der Waals surface area (Å²) in [5.41, 5.74) is 5.81. The number of carbonyl (C=O) groups is 2. The van der Waals surface area contributed by atoms with Crippen LogP contribution in [0.2, 0.25) is 0 Å². The minimum atomic E-state index is -0.195. The molecule has 0 heterocycles. The number of aryl methyl sites for hydroxylation is 2. The molecule has 0 radical (unpaired) electrons. The average Bonchev–Trinajstić information content (AvgIpc) is 2.91. The van der Waals surface area contributed by atoms with Crippen LogP contribution < -0.4 is 10.6 Å². The SMILES string of the molecule is Cc1ccc(NC(=C\C(=O)c2ccc(Br)cc2)/C(=C/C(=O)c2ccc(Br)cc2)Nc2ccc(C)cc2)cc1. The molecule has 38 heavy (non-hydrogen) atoms. The van der Waals surface area contributed by atoms with Gasteiger partial charge in [-0.2, -0.15) is 0 Å². The summed E-state index contributed by atoms with van der Waals surface area (Å²) in [6.07, 6.45) is 3.04. The summed E-state index contributed by atoms with van der Waals surface area (Å²) in [4.78, 5) is 26.7. The third kappa shape index (κ3) is 7.63. The van der Waals surface area contributed by atoms with Gasteiger partial charge in [-0.1, -0.05) is 67.3 Å². The van der Waals surface area contributed by atoms with Crippen molar-refractivity contribution in [1.29, 1.82) is 0 Å². The van der Waals surface area contributed by atoms with Crippen LogP contribution in [0.1, 0.15) is 31.8 Å². The van der Waals surface area contributed by atoms with E-state index < -0.39 is 0 Å². The molecule has 4 aromatic carbocycles. The van der Waals surface area contributed by atoms with Crippen molar-refractivity contribution in [2.24, 2.45) is 0 Å². The lowest BCUT2D eigenvalue weighted by atomic mass is 10.1. The van der Waals surface area contributed by atoms with Crippen molar-refractivity contribution in [2.45, 2.75) is 13.8 Å². The molecule has 0 atom stereocenters. The number of anilines is 2. The molecule has 0 saturated heterocycles. The first-order chi connectivity index (χ1) is 18.3. The second-order valence-corrected chi connectivity index (χ2v) is 10.7. The number of allylic oxidation sites excluding steroid dienone is 2. The number of ketones is 2. The number of hydrogen-bond acceptors (Lipinski definition) is 4. The molecule has 0 spiro atoms. The average molecular weight is 630 g/mol. The third-order valence-electron chi connectivity index (χ3n) is 5.76. The van der Waals surface area contributed by atoms with Gasteiger partial charge in [-0.25, -0.2) is 0 Å². The molecule has 0 aliphatic heterocycles. The van der Waals surface area contributed by atoms with Crippen molar-refractivity contribution in [2.75, 3.05) is 10.6 Å². The molecule has 0 bridgehead atoms. The fraction of sp³-hybridized carbons (Fsp3) is 0.0625. The molecule has 190 valence electrons. The van der Waals surface area contributed by atoms with E-state index >= 15 is 0 Å². The highest BCUT2D eigenvalue weighted by Gasteiger charge is 2.14. The van der Waals surface area contributed by atoms with Crippen LogP contribution in [0.5, 0.6) is 0 Å². The van der Waals surface area contributed by atoms with Gasteiger partial charge in [0, 0.05) is 43.6 Å². The van der Waals surface area contributed by atoms with Gasteiger partial charge in [-0.15, -0.1) is 0 Å². The summed E-state index contributed by atoms with van der Waals surface area (Å²) in [6, 6.07) is 30.0. The Morgan fingerprint density at radius 3 is 1.16 bits per heavy atom. The van der Waals surface area contributed by atoms with Crippen LogP contribution >= 0.6 is 31.9 Å². The molecule has 0 unspecified atom stereocenters. The van der Waals surface area contributed by atoms with Gasteiger partial charge in [0.25, 0.3) is 0 Å². The summed E-state index contributed by atoms with van der Waals surface area (Å²) in [7, 11) is 0. The van der Waals surface area contributed by atoms with Gasteiger partial charge in [0.05, 0.1) is 11.4 Å². The summed E-state index contributed by atoms with van der Waals surface area (Å²) in [5, 5.41) is 6.71. The summed E-state index contributed by atoms with van der Waals surface area (Å²) in [5.74, 6) is -0.389. The Labute approximate surface area is 239 Å². The molecule has 0 saturated carbocycles. The largest absolute Gasteiger partial charge is 0.354 e. The molecule has 6 heteroatoms. The van der Waals surface area contributed by atoms with Crippen molar-refractivity contribution in [3.05, 3.63) is 152 Å². The van der Waals surface area contributed by atoms with Crippen molar-refractivity contribution < 1.29 is 9.59 Å². The van der Waals surface area contributed by atoms with Crippen molar-refractivity contribution in [3.63, 3.8) is 0 Å². The van der Waals surface area contributed by atoms with Crippen LogP contribution in [-0.4, -0.2) is 11.6 Å². The second-order valence-electron chi connectivity index (χ2n) is 8.84. The Morgan fingerprint density at radius 2 is 0.842 bits per heavy atom. The lowest BCUT2D eigenvalue weighted by Crippen LogP contribution is -2.14. The Balaban J connectivity index is 1.80. The number of nitrogens with one attached hydrogen (secondary N) is 2. The first kappa shape index (κ1) is 27.3. The van der Waals surface area contributed by atoms with Gasteiger partial charge >= 0.3 is 0 Å². The molecule has 4 nitrogen and oxygen atoms in total. The van der Waals surface area contributed by atoms with Gasteiger partial charge in [0.1, 0.15) is 0 Å². The third-order valence-corrected chi connectivity index (χ3v) is 6.82. The van der Waals surface area contributed by atoms with E-state index in [-0.39, 0.29) is 11.6 Å². The smallest absolute Gasteiger partial charge is 0.187 e. The van der Waals surface area contributed by atoms with Gasteiger partial charge in [-0.3, -0.25) is 9.59 Å². The number of halogens is 2. The van der Waals surface area contributed by atoms with E-state index in [0.29, 0.717) is 22.5 Å². The maximum atomic E-state index is 13.3. The van der Waals surface area contributed by atoms with E-state index in [1.807, 2.05) is 86.6 Å². The number of carbonyl (C=O) groups excluding carboxylic acids is 2. The molecule has 4 aromatic rings. The van der Waals surface area contributed by atoms with Gasteiger partial charge in [0.15, 0.2) is 11.6 Å². The quantitative estimate of drug-likeness (QED) is 0.110. The molecule has 0 fully saturated rings. The highest BCUT2D eigenvalue weighted by molar-refractivity contribution is 9.10. The zero-order valence-corrected chi connectivity index (χ0v) is 24.1. The summed E-state index contributed by atoms with van der Waals surface area (Å²) in [6.45, 7) is 4.03. The zero-order chi connectivity index (χ0) is 27.1. The Morgan fingerprint density at radius 1 is 0.526 bits per heavy atom. The molecule has 4 rings (SSSR count). The predicted molar refractivity (Wildman–Crippen MR) is 163 cm³/mol. The van der Waals surface area contributed by atoms with Gasteiger partial charge < -0.3 is 10.6 Å². The molecule has 0 aliphatic rings. The van der Waals surface area contributed by atoms with Crippen LogP contribution in [-0.2, 0) is 0 Å². The van der Waals surface area contributed by atoms with E-state index in [1.165, 1.54) is 12.2 Å². The molecular formula is C32H26Br2N2O2. The van der Waals surface area contributed by atoms with E-state index in [0.717, 1.165) is 31.4 Å². The first-order valence-electron chi connectivity index (χ1n) is 12.0. The summed E-state index contributed by atoms with van der Waals surface area (Å²) < 4.78 is 1.77. The summed E-state index contributed by atoms with van der Waals surface area (Å²) >= 11 is 6.83. The van der Waals surface area contributed by atoms with Gasteiger partial charge in [-0.05, 0) is 86.6 Å². The highest BCUT2D eigenvalue weighted by Crippen LogP contribution is 2.22. The predicted octanol–water partition coefficient (Wildman–Crippen LogP) is 8.89. The lowest BCUT2D eigenvalue weighted by Gasteiger charge is -2.18. The second kappa shape index (κ2) is 12.7. The Hall–Kier alpha value is -3.74. The van der Waals surface area contributed by atoms with Crippen LogP contribution in [0.4, 0.5) is 11.4 Å². The van der Waals surface area contributed by atoms with Crippen molar-refractivity contribution in [3.8, 4) is 0 Å². The first-order valence-corrected chi connectivity index (χ1v) is 13.6.